The first-order valence-corrected chi connectivity index (χ1v) is 14.1. The van der Waals surface area contributed by atoms with Crippen molar-refractivity contribution in [1.82, 2.24) is 9.80 Å². The Morgan fingerprint density at radius 2 is 1.32 bits per heavy atom. The van der Waals surface area contributed by atoms with Crippen LogP contribution in [-0.2, 0) is 14.2 Å². The summed E-state index contributed by atoms with van der Waals surface area (Å²) in [4.78, 5) is 29.3. The Labute approximate surface area is 220 Å². The number of carbonyl (C=O) groups is 2. The van der Waals surface area contributed by atoms with Gasteiger partial charge in [0.1, 0.15) is 11.2 Å². The predicted octanol–water partition coefficient (Wildman–Crippen LogP) is 6.27. The highest BCUT2D eigenvalue weighted by Gasteiger charge is 2.44. The van der Waals surface area contributed by atoms with Crippen LogP contribution in [0.4, 0.5) is 9.59 Å². The molecule has 8 heteroatoms. The van der Waals surface area contributed by atoms with Crippen molar-refractivity contribution < 1.29 is 23.8 Å². The van der Waals surface area contributed by atoms with Crippen LogP contribution in [0, 0.1) is 11.8 Å². The van der Waals surface area contributed by atoms with Gasteiger partial charge in [0.25, 0.3) is 0 Å². The van der Waals surface area contributed by atoms with Crippen LogP contribution in [0.1, 0.15) is 88.0 Å². The van der Waals surface area contributed by atoms with E-state index < -0.39 is 11.2 Å². The predicted molar refractivity (Wildman–Crippen MR) is 144 cm³/mol. The van der Waals surface area contributed by atoms with E-state index in [-0.39, 0.29) is 23.3 Å². The van der Waals surface area contributed by atoms with Gasteiger partial charge in [-0.2, -0.15) is 0 Å². The summed E-state index contributed by atoms with van der Waals surface area (Å²) in [5.41, 5.74) is -1.62. The zero-order valence-electron chi connectivity index (χ0n) is 22.8. The van der Waals surface area contributed by atoms with Crippen molar-refractivity contribution in [3.05, 3.63) is 0 Å². The summed E-state index contributed by atoms with van der Waals surface area (Å²) < 4.78 is 18.5. The molecule has 2 heterocycles. The van der Waals surface area contributed by atoms with Crippen molar-refractivity contribution in [2.24, 2.45) is 11.8 Å². The van der Waals surface area contributed by atoms with Gasteiger partial charge < -0.3 is 24.0 Å². The maximum atomic E-state index is 12.9. The molecule has 0 unspecified atom stereocenters. The minimum Gasteiger partial charge on any atom is -0.444 e. The molecule has 2 rings (SSSR count). The Hall–Kier alpha value is -0.770. The summed E-state index contributed by atoms with van der Waals surface area (Å²) in [6.45, 7) is 20.2. The second kappa shape index (κ2) is 11.1. The number of carbonyl (C=O) groups excluding carboxylic acids is 2. The molecule has 0 saturated carbocycles. The van der Waals surface area contributed by atoms with Gasteiger partial charge in [0.15, 0.2) is 0 Å². The number of alkyl halides is 1. The third-order valence-corrected chi connectivity index (χ3v) is 7.38. The summed E-state index contributed by atoms with van der Waals surface area (Å²) in [6, 6.07) is 0. The number of rotatable bonds is 8. The number of likely N-dealkylation sites (tertiary alicyclic amines) is 2. The lowest BCUT2D eigenvalue weighted by molar-refractivity contribution is -0.0515. The van der Waals surface area contributed by atoms with Crippen molar-refractivity contribution >= 4 is 34.8 Å². The normalized spacial score (nSPS) is 24.4. The van der Waals surface area contributed by atoms with E-state index >= 15 is 0 Å². The van der Waals surface area contributed by atoms with Crippen LogP contribution in [0.3, 0.4) is 0 Å². The van der Waals surface area contributed by atoms with Crippen molar-refractivity contribution in [1.29, 1.82) is 0 Å². The van der Waals surface area contributed by atoms with Crippen molar-refractivity contribution in [3.8, 4) is 0 Å². The SMILES string of the molecule is CC(C)(C)OC(=O)N1C[C@@H](CCOCC(C)(C)OC(=O)N2C[C@@H](CCI)CC2(C)C)CC1(C)C. The highest BCUT2D eigenvalue weighted by Crippen LogP contribution is 2.37. The molecular weight excluding hydrogens is 547 g/mol. The molecule has 0 aromatic heterocycles. The fourth-order valence-electron chi connectivity index (χ4n) is 5.16. The second-order valence-electron chi connectivity index (χ2n) is 12.9. The van der Waals surface area contributed by atoms with E-state index in [1.807, 2.05) is 44.4 Å². The van der Waals surface area contributed by atoms with E-state index in [9.17, 15) is 9.59 Å². The zero-order chi connectivity index (χ0) is 25.9. The molecule has 198 valence electrons. The minimum atomic E-state index is -0.702. The van der Waals surface area contributed by atoms with Crippen LogP contribution in [0.25, 0.3) is 0 Å². The van der Waals surface area contributed by atoms with Crippen LogP contribution in [0.2, 0.25) is 0 Å². The average Bonchev–Trinajstić information content (AvgIpc) is 3.12. The highest BCUT2D eigenvalue weighted by atomic mass is 127. The zero-order valence-corrected chi connectivity index (χ0v) is 25.0. The van der Waals surface area contributed by atoms with Crippen LogP contribution in [0.15, 0.2) is 0 Å². The standard InChI is InChI=1S/C26H47IN2O5/c1-23(2,3)33-21(30)28-17-20(15-25(28,6)7)11-13-32-18-26(8,9)34-22(31)29-16-19(10-12-27)14-24(29,4)5/h19-20H,10-18H2,1-9H3/t19-,20-/m0/s1. The molecular formula is C26H47IN2O5. The monoisotopic (exact) mass is 594 g/mol. The summed E-state index contributed by atoms with van der Waals surface area (Å²) in [5.74, 6) is 0.892. The maximum Gasteiger partial charge on any atom is 0.410 e. The number of nitrogens with zero attached hydrogens (tertiary/aromatic N) is 2. The first-order valence-electron chi connectivity index (χ1n) is 12.6. The molecule has 2 aliphatic rings. The Morgan fingerprint density at radius 1 is 0.853 bits per heavy atom. The van der Waals surface area contributed by atoms with Gasteiger partial charge in [0, 0.05) is 30.8 Å². The molecule has 0 spiro atoms. The first kappa shape index (κ1) is 29.5. The number of hydrogen-bond donors (Lipinski definition) is 0. The van der Waals surface area contributed by atoms with Crippen LogP contribution < -0.4 is 0 Å². The Morgan fingerprint density at radius 3 is 1.79 bits per heavy atom. The number of amides is 2. The van der Waals surface area contributed by atoms with Gasteiger partial charge in [-0.25, -0.2) is 9.59 Å². The molecule has 0 aromatic rings. The van der Waals surface area contributed by atoms with E-state index in [1.54, 1.807) is 0 Å². The minimum absolute atomic E-state index is 0.181. The molecule has 2 atom stereocenters. The van der Waals surface area contributed by atoms with Gasteiger partial charge in [-0.05, 0) is 104 Å². The van der Waals surface area contributed by atoms with Gasteiger partial charge in [0.05, 0.1) is 6.61 Å². The Bertz CT molecular complexity index is 716. The smallest absolute Gasteiger partial charge is 0.410 e. The Kier molecular flexibility index (Phi) is 9.61. The van der Waals surface area contributed by atoms with Gasteiger partial charge in [0.2, 0.25) is 0 Å². The topological polar surface area (TPSA) is 68.3 Å². The van der Waals surface area contributed by atoms with Crippen molar-refractivity contribution in [2.75, 3.05) is 30.7 Å². The lowest BCUT2D eigenvalue weighted by atomic mass is 9.95. The Balaban J connectivity index is 1.78. The van der Waals surface area contributed by atoms with Crippen LogP contribution in [0.5, 0.6) is 0 Å². The van der Waals surface area contributed by atoms with Gasteiger partial charge >= 0.3 is 12.2 Å². The molecule has 2 amide bonds. The quantitative estimate of drug-likeness (QED) is 0.188. The van der Waals surface area contributed by atoms with E-state index in [2.05, 4.69) is 50.3 Å². The largest absolute Gasteiger partial charge is 0.444 e. The molecule has 34 heavy (non-hydrogen) atoms. The summed E-state index contributed by atoms with van der Waals surface area (Å²) in [5, 5.41) is 0. The molecule has 7 nitrogen and oxygen atoms in total. The van der Waals surface area contributed by atoms with E-state index in [0.717, 1.165) is 36.7 Å². The lowest BCUT2D eigenvalue weighted by Gasteiger charge is -2.34. The van der Waals surface area contributed by atoms with E-state index in [4.69, 9.17) is 14.2 Å². The van der Waals surface area contributed by atoms with Crippen molar-refractivity contribution in [3.63, 3.8) is 0 Å². The molecule has 2 fully saturated rings. The van der Waals surface area contributed by atoms with Gasteiger partial charge in [-0.3, -0.25) is 0 Å². The average molecular weight is 595 g/mol. The molecule has 0 radical (unpaired) electrons. The fraction of sp³-hybridized carbons (Fsp3) is 0.923. The number of ether oxygens (including phenoxy) is 3. The van der Waals surface area contributed by atoms with Crippen LogP contribution in [-0.4, -0.2) is 75.0 Å². The molecule has 0 N–H and O–H groups in total. The third kappa shape index (κ3) is 8.42. The summed E-state index contributed by atoms with van der Waals surface area (Å²) in [6.07, 6.45) is 3.41. The number of hydrogen-bond acceptors (Lipinski definition) is 5. The molecule has 0 bridgehead atoms. The molecule has 0 aliphatic carbocycles. The van der Waals surface area contributed by atoms with Crippen molar-refractivity contribution in [2.45, 2.75) is 110 Å². The maximum absolute atomic E-state index is 12.9. The summed E-state index contributed by atoms with van der Waals surface area (Å²) in [7, 11) is 0. The third-order valence-electron chi connectivity index (χ3n) is 6.75. The highest BCUT2D eigenvalue weighted by molar-refractivity contribution is 14.1. The molecule has 2 aliphatic heterocycles. The van der Waals surface area contributed by atoms with Gasteiger partial charge in [-0.15, -0.1) is 0 Å². The van der Waals surface area contributed by atoms with Crippen LogP contribution >= 0.6 is 22.6 Å². The molecule has 2 saturated heterocycles. The first-order chi connectivity index (χ1) is 15.5. The lowest BCUT2D eigenvalue weighted by Crippen LogP contribution is -2.47. The van der Waals surface area contributed by atoms with Gasteiger partial charge in [-0.1, -0.05) is 22.6 Å². The van der Waals surface area contributed by atoms with E-state index in [1.165, 1.54) is 0 Å². The summed E-state index contributed by atoms with van der Waals surface area (Å²) >= 11 is 2.40. The number of halogens is 1. The van der Waals surface area contributed by atoms with E-state index in [0.29, 0.717) is 31.6 Å². The fourth-order valence-corrected chi connectivity index (χ4v) is 6.04. The molecule has 0 aromatic carbocycles. The second-order valence-corrected chi connectivity index (χ2v) is 14.0.